The number of anilines is 1. The summed E-state index contributed by atoms with van der Waals surface area (Å²) in [5, 5.41) is 12.9. The van der Waals surface area contributed by atoms with Crippen molar-refractivity contribution in [3.8, 4) is 5.69 Å². The Morgan fingerprint density at radius 1 is 1.44 bits per heavy atom. The van der Waals surface area contributed by atoms with Crippen LogP contribution < -0.4 is 5.73 Å². The van der Waals surface area contributed by atoms with Crippen LogP contribution in [-0.4, -0.2) is 20.9 Å². The van der Waals surface area contributed by atoms with Gasteiger partial charge in [-0.15, -0.1) is 0 Å². The molecular weight excluding hydrogens is 230 g/mol. The van der Waals surface area contributed by atoms with Crippen molar-refractivity contribution >= 4 is 11.8 Å². The number of hydrogen-bond acceptors (Lipinski definition) is 3. The van der Waals surface area contributed by atoms with Gasteiger partial charge in [0.1, 0.15) is 5.82 Å². The summed E-state index contributed by atoms with van der Waals surface area (Å²) in [4.78, 5) is 10.5. The van der Waals surface area contributed by atoms with Gasteiger partial charge < -0.3 is 10.8 Å². The van der Waals surface area contributed by atoms with Crippen molar-refractivity contribution in [1.82, 2.24) is 9.78 Å². The van der Waals surface area contributed by atoms with E-state index in [9.17, 15) is 4.79 Å². The fourth-order valence-corrected chi connectivity index (χ4v) is 1.82. The maximum atomic E-state index is 10.5. The van der Waals surface area contributed by atoms with E-state index < -0.39 is 5.97 Å². The molecule has 0 unspecified atom stereocenters. The third-order valence-electron chi connectivity index (χ3n) is 2.84. The maximum absolute atomic E-state index is 10.5. The molecule has 0 radical (unpaired) electrons. The average Bonchev–Trinajstić information content (AvgIpc) is 2.69. The lowest BCUT2D eigenvalue weighted by Gasteiger charge is -2.07. The lowest BCUT2D eigenvalue weighted by molar-refractivity contribution is -0.136. The molecule has 0 atom stereocenters. The second-order valence-electron chi connectivity index (χ2n) is 4.15. The topological polar surface area (TPSA) is 81.1 Å². The zero-order valence-corrected chi connectivity index (χ0v) is 10.1. The molecular formula is C13H15N3O2. The minimum absolute atomic E-state index is 0.0592. The standard InChI is InChI=1S/C13H15N3O2/c1-9-4-2-3-5-11(9)16-13(14)10(8-15-16)6-7-12(17)18/h2-5,8H,6-7,14H2,1H3,(H,17,18). The SMILES string of the molecule is Cc1ccccc1-n1ncc(CCC(=O)O)c1N. The Bertz CT molecular complexity index is 575. The number of nitrogen functional groups attached to an aromatic ring is 1. The lowest BCUT2D eigenvalue weighted by Crippen LogP contribution is -2.05. The van der Waals surface area contributed by atoms with Gasteiger partial charge in [0, 0.05) is 12.0 Å². The van der Waals surface area contributed by atoms with E-state index in [0.29, 0.717) is 12.2 Å². The van der Waals surface area contributed by atoms with Gasteiger partial charge in [0.05, 0.1) is 11.9 Å². The van der Waals surface area contributed by atoms with E-state index in [1.165, 1.54) is 0 Å². The molecule has 5 nitrogen and oxygen atoms in total. The monoisotopic (exact) mass is 245 g/mol. The molecule has 2 rings (SSSR count). The highest BCUT2D eigenvalue weighted by Gasteiger charge is 2.11. The van der Waals surface area contributed by atoms with Crippen molar-refractivity contribution in [2.45, 2.75) is 19.8 Å². The highest BCUT2D eigenvalue weighted by atomic mass is 16.4. The van der Waals surface area contributed by atoms with Gasteiger partial charge in [-0.05, 0) is 25.0 Å². The first-order valence-electron chi connectivity index (χ1n) is 5.69. The Balaban J connectivity index is 2.31. The summed E-state index contributed by atoms with van der Waals surface area (Å²) >= 11 is 0. The summed E-state index contributed by atoms with van der Waals surface area (Å²) in [5.74, 6) is -0.330. The molecule has 0 saturated carbocycles. The van der Waals surface area contributed by atoms with Gasteiger partial charge in [-0.3, -0.25) is 4.79 Å². The molecule has 0 saturated heterocycles. The summed E-state index contributed by atoms with van der Waals surface area (Å²) in [6.07, 6.45) is 2.08. The van der Waals surface area contributed by atoms with E-state index in [2.05, 4.69) is 5.10 Å². The van der Waals surface area contributed by atoms with E-state index in [1.54, 1.807) is 10.9 Å². The first-order valence-corrected chi connectivity index (χ1v) is 5.69. The Hall–Kier alpha value is -2.30. The van der Waals surface area contributed by atoms with Gasteiger partial charge in [-0.2, -0.15) is 5.10 Å². The number of aliphatic carboxylic acids is 1. The summed E-state index contributed by atoms with van der Waals surface area (Å²) in [6.45, 7) is 1.98. The number of para-hydroxylation sites is 1. The van der Waals surface area contributed by atoms with Crippen LogP contribution in [0.2, 0.25) is 0 Å². The van der Waals surface area contributed by atoms with Gasteiger partial charge >= 0.3 is 5.97 Å². The van der Waals surface area contributed by atoms with Crippen LogP contribution in [0, 0.1) is 6.92 Å². The molecule has 18 heavy (non-hydrogen) atoms. The summed E-state index contributed by atoms with van der Waals surface area (Å²) in [7, 11) is 0. The van der Waals surface area contributed by atoms with Gasteiger partial charge in [0.15, 0.2) is 0 Å². The van der Waals surface area contributed by atoms with Crippen LogP contribution in [0.15, 0.2) is 30.5 Å². The number of aromatic nitrogens is 2. The van der Waals surface area contributed by atoms with Crippen molar-refractivity contribution in [2.24, 2.45) is 0 Å². The average molecular weight is 245 g/mol. The number of benzene rings is 1. The van der Waals surface area contributed by atoms with Crippen LogP contribution in [0.4, 0.5) is 5.82 Å². The zero-order valence-electron chi connectivity index (χ0n) is 10.1. The number of nitrogens with two attached hydrogens (primary N) is 1. The molecule has 0 aliphatic carbocycles. The van der Waals surface area contributed by atoms with Crippen LogP contribution in [0.1, 0.15) is 17.5 Å². The Labute approximate surface area is 105 Å². The molecule has 1 aromatic heterocycles. The Kier molecular flexibility index (Phi) is 3.32. The van der Waals surface area contributed by atoms with Crippen molar-refractivity contribution < 1.29 is 9.90 Å². The van der Waals surface area contributed by atoms with Crippen molar-refractivity contribution in [1.29, 1.82) is 0 Å². The van der Waals surface area contributed by atoms with E-state index in [1.807, 2.05) is 31.2 Å². The molecule has 1 heterocycles. The van der Waals surface area contributed by atoms with Crippen molar-refractivity contribution in [3.05, 3.63) is 41.6 Å². The number of carboxylic acids is 1. The summed E-state index contributed by atoms with van der Waals surface area (Å²) < 4.78 is 1.65. The number of carbonyl (C=O) groups is 1. The van der Waals surface area contributed by atoms with Crippen molar-refractivity contribution in [2.75, 3.05) is 5.73 Å². The van der Waals surface area contributed by atoms with E-state index >= 15 is 0 Å². The molecule has 94 valence electrons. The largest absolute Gasteiger partial charge is 0.481 e. The second kappa shape index (κ2) is 4.91. The number of hydrogen-bond donors (Lipinski definition) is 2. The van der Waals surface area contributed by atoms with E-state index in [0.717, 1.165) is 16.8 Å². The smallest absolute Gasteiger partial charge is 0.303 e. The summed E-state index contributed by atoms with van der Waals surface area (Å²) in [6, 6.07) is 7.78. The minimum atomic E-state index is -0.835. The Morgan fingerprint density at radius 3 is 2.83 bits per heavy atom. The Morgan fingerprint density at radius 2 is 2.17 bits per heavy atom. The van der Waals surface area contributed by atoms with Crippen molar-refractivity contribution in [3.63, 3.8) is 0 Å². The number of aryl methyl sites for hydroxylation is 2. The molecule has 0 bridgehead atoms. The van der Waals surface area contributed by atoms with Gasteiger partial charge in [0.2, 0.25) is 0 Å². The van der Waals surface area contributed by atoms with Gasteiger partial charge in [-0.25, -0.2) is 4.68 Å². The highest BCUT2D eigenvalue weighted by Crippen LogP contribution is 2.20. The number of carboxylic acid groups (broad SMARTS) is 1. The zero-order chi connectivity index (χ0) is 13.1. The van der Waals surface area contributed by atoms with E-state index in [4.69, 9.17) is 10.8 Å². The second-order valence-corrected chi connectivity index (χ2v) is 4.15. The molecule has 0 aliphatic rings. The normalized spacial score (nSPS) is 10.5. The molecule has 0 spiro atoms. The minimum Gasteiger partial charge on any atom is -0.481 e. The lowest BCUT2D eigenvalue weighted by atomic mass is 10.2. The first kappa shape index (κ1) is 12.2. The van der Waals surface area contributed by atoms with Crippen LogP contribution in [-0.2, 0) is 11.2 Å². The fourth-order valence-electron chi connectivity index (χ4n) is 1.82. The molecule has 0 fully saturated rings. The molecule has 1 aromatic carbocycles. The van der Waals surface area contributed by atoms with Crippen LogP contribution in [0.5, 0.6) is 0 Å². The third kappa shape index (κ3) is 2.34. The molecule has 0 aliphatic heterocycles. The predicted molar refractivity (Wildman–Crippen MR) is 68.7 cm³/mol. The third-order valence-corrected chi connectivity index (χ3v) is 2.84. The first-order chi connectivity index (χ1) is 8.59. The molecule has 5 heteroatoms. The predicted octanol–water partition coefficient (Wildman–Crippen LogP) is 1.78. The maximum Gasteiger partial charge on any atom is 0.303 e. The highest BCUT2D eigenvalue weighted by molar-refractivity contribution is 5.67. The van der Waals surface area contributed by atoms with Crippen LogP contribution in [0.3, 0.4) is 0 Å². The van der Waals surface area contributed by atoms with Crippen LogP contribution >= 0.6 is 0 Å². The van der Waals surface area contributed by atoms with E-state index in [-0.39, 0.29) is 6.42 Å². The fraction of sp³-hybridized carbons (Fsp3) is 0.231. The quantitative estimate of drug-likeness (QED) is 0.860. The van der Waals surface area contributed by atoms with Gasteiger partial charge in [0.25, 0.3) is 0 Å². The molecule has 0 amide bonds. The molecule has 3 N–H and O–H groups in total. The van der Waals surface area contributed by atoms with Gasteiger partial charge in [-0.1, -0.05) is 18.2 Å². The number of rotatable bonds is 4. The number of nitrogens with zero attached hydrogens (tertiary/aromatic N) is 2. The van der Waals surface area contributed by atoms with Crippen LogP contribution in [0.25, 0.3) is 5.69 Å². The molecule has 2 aromatic rings. The summed E-state index contributed by atoms with van der Waals surface area (Å²) in [5.41, 5.74) is 8.74.